The molecule has 0 spiro atoms. The minimum atomic E-state index is -0.273. The molecule has 0 aliphatic heterocycles. The van der Waals surface area contributed by atoms with Gasteiger partial charge < -0.3 is 14.5 Å². The third-order valence-electron chi connectivity index (χ3n) is 2.03. The van der Waals surface area contributed by atoms with Crippen molar-refractivity contribution in [1.29, 1.82) is 0 Å². The van der Waals surface area contributed by atoms with E-state index >= 15 is 0 Å². The topological polar surface area (TPSA) is 68.5 Å². The lowest BCUT2D eigenvalue weighted by molar-refractivity contribution is -0.140. The summed E-state index contributed by atoms with van der Waals surface area (Å²) in [6.07, 6.45) is 5.37. The molecule has 1 N–H and O–H groups in total. The van der Waals surface area contributed by atoms with Crippen molar-refractivity contribution in [2.45, 2.75) is 12.8 Å². The Hall–Kier alpha value is -2.04. The second-order valence-corrected chi connectivity index (χ2v) is 3.32. The van der Waals surface area contributed by atoms with Crippen molar-refractivity contribution in [3.63, 3.8) is 0 Å². The lowest BCUT2D eigenvalue weighted by atomic mass is 10.3. The number of esters is 1. The summed E-state index contributed by atoms with van der Waals surface area (Å²) in [4.78, 5) is 22.1. The van der Waals surface area contributed by atoms with E-state index < -0.39 is 0 Å². The molecule has 1 aromatic heterocycles. The number of furan rings is 1. The summed E-state index contributed by atoms with van der Waals surface area (Å²) < 4.78 is 9.50. The predicted octanol–water partition coefficient (Wildman–Crippen LogP) is 1.36. The van der Waals surface area contributed by atoms with Gasteiger partial charge in [0.1, 0.15) is 5.76 Å². The normalized spacial score (nSPS) is 10.4. The van der Waals surface area contributed by atoms with Crippen LogP contribution in [0.2, 0.25) is 0 Å². The molecule has 1 aromatic rings. The molecule has 5 nitrogen and oxygen atoms in total. The number of carbonyl (C=O) groups excluding carboxylic acids is 2. The lowest BCUT2D eigenvalue weighted by Gasteiger charge is -2.00. The smallest absolute Gasteiger partial charge is 0.305 e. The lowest BCUT2D eigenvalue weighted by Crippen LogP contribution is -2.22. The first kappa shape index (κ1) is 13.0. The number of methoxy groups -OCH3 is 1. The summed E-state index contributed by atoms with van der Waals surface area (Å²) in [6, 6.07) is 3.50. The Kier molecular flexibility index (Phi) is 5.57. The first-order valence-corrected chi connectivity index (χ1v) is 5.28. The molecule has 1 heterocycles. The van der Waals surface area contributed by atoms with E-state index in [-0.39, 0.29) is 11.9 Å². The Morgan fingerprint density at radius 2 is 2.35 bits per heavy atom. The number of nitrogens with one attached hydrogen (secondary N) is 1. The Labute approximate surface area is 99.4 Å². The van der Waals surface area contributed by atoms with Crippen LogP contribution in [0.3, 0.4) is 0 Å². The fraction of sp³-hybridized carbons (Fsp3) is 0.333. The molecule has 0 saturated carbocycles. The molecule has 0 aliphatic carbocycles. The van der Waals surface area contributed by atoms with Gasteiger partial charge in [-0.1, -0.05) is 0 Å². The van der Waals surface area contributed by atoms with Crippen LogP contribution in [0.1, 0.15) is 18.6 Å². The van der Waals surface area contributed by atoms with Crippen molar-refractivity contribution >= 4 is 18.0 Å². The van der Waals surface area contributed by atoms with Gasteiger partial charge in [-0.25, -0.2) is 0 Å². The van der Waals surface area contributed by atoms with Crippen molar-refractivity contribution in [3.8, 4) is 0 Å². The van der Waals surface area contributed by atoms with E-state index in [0.29, 0.717) is 25.1 Å². The maximum absolute atomic E-state index is 11.3. The van der Waals surface area contributed by atoms with Crippen LogP contribution in [0.15, 0.2) is 28.9 Å². The highest BCUT2D eigenvalue weighted by Gasteiger charge is 2.00. The predicted molar refractivity (Wildman–Crippen MR) is 62.0 cm³/mol. The molecule has 1 rings (SSSR count). The number of hydrogen-bond donors (Lipinski definition) is 1. The van der Waals surface area contributed by atoms with Gasteiger partial charge in [-0.05, 0) is 24.6 Å². The van der Waals surface area contributed by atoms with Crippen LogP contribution >= 0.6 is 0 Å². The van der Waals surface area contributed by atoms with Crippen LogP contribution in [-0.2, 0) is 14.3 Å². The van der Waals surface area contributed by atoms with Crippen LogP contribution in [0.5, 0.6) is 0 Å². The summed E-state index contributed by atoms with van der Waals surface area (Å²) in [5, 5.41) is 2.65. The molecule has 0 atom stereocenters. The van der Waals surface area contributed by atoms with Crippen molar-refractivity contribution in [2.24, 2.45) is 0 Å². The molecule has 92 valence electrons. The molecule has 0 aliphatic rings. The number of carbonyl (C=O) groups is 2. The average molecular weight is 237 g/mol. The highest BCUT2D eigenvalue weighted by molar-refractivity contribution is 5.91. The zero-order valence-corrected chi connectivity index (χ0v) is 9.64. The maximum atomic E-state index is 11.3. The van der Waals surface area contributed by atoms with Crippen LogP contribution in [0.25, 0.3) is 6.08 Å². The van der Waals surface area contributed by atoms with Crippen molar-refractivity contribution < 1.29 is 18.7 Å². The molecule has 0 bridgehead atoms. The van der Waals surface area contributed by atoms with E-state index in [4.69, 9.17) is 4.42 Å². The Bertz CT molecular complexity index is 381. The molecular weight excluding hydrogens is 222 g/mol. The van der Waals surface area contributed by atoms with E-state index in [1.165, 1.54) is 19.4 Å². The molecule has 0 fully saturated rings. The largest absolute Gasteiger partial charge is 0.469 e. The molecule has 5 heteroatoms. The third kappa shape index (κ3) is 5.55. The number of ether oxygens (including phenoxy) is 1. The molecule has 0 aromatic carbocycles. The van der Waals surface area contributed by atoms with Gasteiger partial charge in [0.15, 0.2) is 0 Å². The van der Waals surface area contributed by atoms with E-state index in [1.54, 1.807) is 18.2 Å². The maximum Gasteiger partial charge on any atom is 0.305 e. The summed E-state index contributed by atoms with van der Waals surface area (Å²) >= 11 is 0. The van der Waals surface area contributed by atoms with Gasteiger partial charge in [-0.3, -0.25) is 9.59 Å². The zero-order valence-electron chi connectivity index (χ0n) is 9.64. The third-order valence-corrected chi connectivity index (χ3v) is 2.03. The number of rotatable bonds is 6. The Balaban J connectivity index is 2.15. The minimum Gasteiger partial charge on any atom is -0.469 e. The van der Waals surface area contributed by atoms with Gasteiger partial charge in [0.25, 0.3) is 0 Å². The monoisotopic (exact) mass is 237 g/mol. The number of hydrogen-bond acceptors (Lipinski definition) is 4. The van der Waals surface area contributed by atoms with Gasteiger partial charge in [-0.15, -0.1) is 0 Å². The molecule has 0 radical (unpaired) electrons. The first-order chi connectivity index (χ1) is 8.22. The van der Waals surface area contributed by atoms with Gasteiger partial charge in [0.2, 0.25) is 5.91 Å². The van der Waals surface area contributed by atoms with Gasteiger partial charge in [0.05, 0.1) is 13.4 Å². The van der Waals surface area contributed by atoms with Gasteiger partial charge in [0, 0.05) is 19.0 Å². The summed E-state index contributed by atoms with van der Waals surface area (Å²) in [5.41, 5.74) is 0. The fourth-order valence-electron chi connectivity index (χ4n) is 1.15. The highest BCUT2D eigenvalue weighted by atomic mass is 16.5. The fourth-order valence-corrected chi connectivity index (χ4v) is 1.15. The second-order valence-electron chi connectivity index (χ2n) is 3.32. The highest BCUT2D eigenvalue weighted by Crippen LogP contribution is 2.01. The second kappa shape index (κ2) is 7.27. The average Bonchev–Trinajstić information content (AvgIpc) is 2.84. The van der Waals surface area contributed by atoms with E-state index in [2.05, 4.69) is 10.1 Å². The van der Waals surface area contributed by atoms with Crippen molar-refractivity contribution in [3.05, 3.63) is 30.2 Å². The van der Waals surface area contributed by atoms with E-state index in [1.807, 2.05) is 0 Å². The van der Waals surface area contributed by atoms with Crippen LogP contribution in [0.4, 0.5) is 0 Å². The van der Waals surface area contributed by atoms with E-state index in [9.17, 15) is 9.59 Å². The van der Waals surface area contributed by atoms with Crippen LogP contribution in [0, 0.1) is 0 Å². The summed E-state index contributed by atoms with van der Waals surface area (Å²) in [6.45, 7) is 0.441. The molecule has 17 heavy (non-hydrogen) atoms. The van der Waals surface area contributed by atoms with Crippen molar-refractivity contribution in [1.82, 2.24) is 5.32 Å². The van der Waals surface area contributed by atoms with Crippen LogP contribution in [-0.4, -0.2) is 25.5 Å². The van der Waals surface area contributed by atoms with Crippen LogP contribution < -0.4 is 5.32 Å². The summed E-state index contributed by atoms with van der Waals surface area (Å²) in [5.74, 6) is 0.131. The van der Waals surface area contributed by atoms with Gasteiger partial charge >= 0.3 is 5.97 Å². The standard InChI is InChI=1S/C12H15NO4/c1-16-12(15)5-2-8-13-11(14)7-6-10-4-3-9-17-10/h3-4,6-7,9H,2,5,8H2,1H3,(H,13,14)/b7-6+. The summed E-state index contributed by atoms with van der Waals surface area (Å²) in [7, 11) is 1.34. The number of amides is 1. The molecule has 0 unspecified atom stereocenters. The Morgan fingerprint density at radius 3 is 3.00 bits per heavy atom. The minimum absolute atomic E-state index is 0.216. The quantitative estimate of drug-likeness (QED) is 0.461. The molecular formula is C12H15NO4. The van der Waals surface area contributed by atoms with E-state index in [0.717, 1.165) is 0 Å². The molecule has 0 saturated heterocycles. The molecule has 1 amide bonds. The SMILES string of the molecule is COC(=O)CCCNC(=O)/C=C/c1ccco1. The first-order valence-electron chi connectivity index (χ1n) is 5.28. The Morgan fingerprint density at radius 1 is 1.53 bits per heavy atom. The zero-order chi connectivity index (χ0) is 12.5. The van der Waals surface area contributed by atoms with Crippen molar-refractivity contribution in [2.75, 3.05) is 13.7 Å². The van der Waals surface area contributed by atoms with Gasteiger partial charge in [-0.2, -0.15) is 0 Å².